The summed E-state index contributed by atoms with van der Waals surface area (Å²) in [5.41, 5.74) is -0.382. The number of carbonyl (C=O) groups is 1. The van der Waals surface area contributed by atoms with Gasteiger partial charge in [-0.3, -0.25) is 4.79 Å². The van der Waals surface area contributed by atoms with Crippen molar-refractivity contribution in [2.24, 2.45) is 0 Å². The molecule has 3 aromatic rings. The Bertz CT molecular complexity index is 996. The lowest BCUT2D eigenvalue weighted by molar-refractivity contribution is -0.138. The lowest BCUT2D eigenvalue weighted by atomic mass is 10.1. The molecule has 0 bridgehead atoms. The topological polar surface area (TPSA) is 67.2 Å². The average molecular weight is 416 g/mol. The maximum Gasteiger partial charge on any atom is 0.416 e. The van der Waals surface area contributed by atoms with Crippen LogP contribution in [0.2, 0.25) is 0 Å². The number of piperazine rings is 1. The van der Waals surface area contributed by atoms with Crippen LogP contribution < -0.4 is 4.90 Å². The van der Waals surface area contributed by atoms with E-state index in [0.717, 1.165) is 12.1 Å². The second kappa shape index (κ2) is 8.13. The quantitative estimate of drug-likeness (QED) is 0.654. The number of aromatic nitrogens is 4. The number of alkyl halides is 3. The minimum atomic E-state index is -4.42. The van der Waals surface area contributed by atoms with Crippen molar-refractivity contribution in [2.45, 2.75) is 12.6 Å². The van der Waals surface area contributed by atoms with Gasteiger partial charge in [-0.1, -0.05) is 18.2 Å². The third kappa shape index (κ3) is 4.42. The Morgan fingerprint density at radius 3 is 2.33 bits per heavy atom. The van der Waals surface area contributed by atoms with Crippen LogP contribution in [0.15, 0.2) is 54.9 Å². The van der Waals surface area contributed by atoms with Gasteiger partial charge in [0.2, 0.25) is 5.91 Å². The molecule has 0 N–H and O–H groups in total. The van der Waals surface area contributed by atoms with Gasteiger partial charge in [0, 0.05) is 38.6 Å². The minimum Gasteiger partial charge on any atom is -0.352 e. The van der Waals surface area contributed by atoms with E-state index in [-0.39, 0.29) is 12.3 Å². The molecule has 4 rings (SSSR count). The number of nitrogens with zero attached hydrogens (tertiary/aromatic N) is 6. The first-order valence-electron chi connectivity index (χ1n) is 9.43. The van der Waals surface area contributed by atoms with Gasteiger partial charge >= 0.3 is 6.18 Å². The van der Waals surface area contributed by atoms with E-state index in [1.54, 1.807) is 34.1 Å². The van der Waals surface area contributed by atoms with Crippen molar-refractivity contribution in [1.29, 1.82) is 0 Å². The second-order valence-electron chi connectivity index (χ2n) is 6.94. The number of amides is 1. The highest BCUT2D eigenvalue weighted by atomic mass is 19.4. The molecule has 1 aromatic carbocycles. The summed E-state index contributed by atoms with van der Waals surface area (Å²) < 4.78 is 40.2. The molecule has 0 spiro atoms. The van der Waals surface area contributed by atoms with Gasteiger partial charge in [-0.05, 0) is 29.8 Å². The Morgan fingerprint density at radius 2 is 1.70 bits per heavy atom. The molecular weight excluding hydrogens is 397 g/mol. The Hall–Kier alpha value is -3.43. The van der Waals surface area contributed by atoms with E-state index >= 15 is 0 Å². The number of benzene rings is 1. The first kappa shape index (κ1) is 19.9. The summed E-state index contributed by atoms with van der Waals surface area (Å²) in [6.45, 7) is 2.09. The lowest BCUT2D eigenvalue weighted by Crippen LogP contribution is -2.49. The molecule has 30 heavy (non-hydrogen) atoms. The summed E-state index contributed by atoms with van der Waals surface area (Å²) in [5, 5.41) is 12.5. The molecule has 1 aliphatic heterocycles. The first-order chi connectivity index (χ1) is 14.4. The van der Waals surface area contributed by atoms with Crippen LogP contribution in [0.3, 0.4) is 0 Å². The Balaban J connectivity index is 1.33. The molecule has 7 nitrogen and oxygen atoms in total. The van der Waals surface area contributed by atoms with Crippen molar-refractivity contribution in [1.82, 2.24) is 24.9 Å². The molecule has 156 valence electrons. The first-order valence-corrected chi connectivity index (χ1v) is 9.43. The van der Waals surface area contributed by atoms with Crippen molar-refractivity contribution >= 4 is 11.7 Å². The standard InChI is InChI=1S/C20H19F3N6O/c21-20(22,23)16-4-1-3-15(13-16)14-19(30)28-11-9-27(10-12-28)17-5-6-18(26-25-17)29-8-2-7-24-29/h1-8,13H,9-12,14H2. The van der Waals surface area contributed by atoms with E-state index in [9.17, 15) is 18.0 Å². The molecule has 0 unspecified atom stereocenters. The Kier molecular flexibility index (Phi) is 5.39. The highest BCUT2D eigenvalue weighted by Gasteiger charge is 2.30. The summed E-state index contributed by atoms with van der Waals surface area (Å²) >= 11 is 0. The van der Waals surface area contributed by atoms with E-state index in [4.69, 9.17) is 0 Å². The van der Waals surface area contributed by atoms with Crippen molar-refractivity contribution in [3.8, 4) is 5.82 Å². The molecule has 0 radical (unpaired) electrons. The highest BCUT2D eigenvalue weighted by molar-refractivity contribution is 5.79. The van der Waals surface area contributed by atoms with Crippen molar-refractivity contribution in [3.05, 3.63) is 66.0 Å². The monoisotopic (exact) mass is 416 g/mol. The average Bonchev–Trinajstić information content (AvgIpc) is 3.28. The van der Waals surface area contributed by atoms with E-state index in [1.807, 2.05) is 17.0 Å². The summed E-state index contributed by atoms with van der Waals surface area (Å²) in [6.07, 6.45) is -1.04. The molecule has 1 fully saturated rings. The normalized spacial score (nSPS) is 14.8. The van der Waals surface area contributed by atoms with Crippen LogP contribution in [0, 0.1) is 0 Å². The SMILES string of the molecule is O=C(Cc1cccc(C(F)(F)F)c1)N1CCN(c2ccc(-n3cccn3)nn2)CC1. The van der Waals surface area contributed by atoms with Gasteiger partial charge in [-0.25, -0.2) is 4.68 Å². The molecular formula is C20H19F3N6O. The third-order valence-electron chi connectivity index (χ3n) is 4.94. The van der Waals surface area contributed by atoms with E-state index in [2.05, 4.69) is 15.3 Å². The van der Waals surface area contributed by atoms with Crippen LogP contribution in [0.5, 0.6) is 0 Å². The van der Waals surface area contributed by atoms with Crippen LogP contribution in [-0.2, 0) is 17.4 Å². The molecule has 3 heterocycles. The zero-order valence-electron chi connectivity index (χ0n) is 16.0. The summed E-state index contributed by atoms with van der Waals surface area (Å²) in [6, 6.07) is 10.4. The Morgan fingerprint density at radius 1 is 0.967 bits per heavy atom. The maximum atomic E-state index is 12.9. The maximum absolute atomic E-state index is 12.9. The minimum absolute atomic E-state index is 0.0533. The third-order valence-corrected chi connectivity index (χ3v) is 4.94. The zero-order valence-corrected chi connectivity index (χ0v) is 16.0. The number of halogens is 3. The number of hydrogen-bond acceptors (Lipinski definition) is 5. The number of anilines is 1. The molecule has 1 amide bonds. The lowest BCUT2D eigenvalue weighted by Gasteiger charge is -2.35. The van der Waals surface area contributed by atoms with E-state index < -0.39 is 11.7 Å². The van der Waals surface area contributed by atoms with E-state index in [0.29, 0.717) is 43.4 Å². The van der Waals surface area contributed by atoms with Crippen LogP contribution in [0.1, 0.15) is 11.1 Å². The predicted molar refractivity (Wildman–Crippen MR) is 103 cm³/mol. The smallest absolute Gasteiger partial charge is 0.352 e. The van der Waals surface area contributed by atoms with Gasteiger partial charge in [-0.15, -0.1) is 10.2 Å². The molecule has 2 aromatic heterocycles. The fourth-order valence-corrected chi connectivity index (χ4v) is 3.34. The number of carbonyl (C=O) groups excluding carboxylic acids is 1. The van der Waals surface area contributed by atoms with Crippen molar-refractivity contribution in [3.63, 3.8) is 0 Å². The fraction of sp³-hybridized carbons (Fsp3) is 0.300. The van der Waals surface area contributed by atoms with E-state index in [1.165, 1.54) is 6.07 Å². The zero-order chi connectivity index (χ0) is 21.1. The van der Waals surface area contributed by atoms with Crippen molar-refractivity contribution in [2.75, 3.05) is 31.1 Å². The van der Waals surface area contributed by atoms with Gasteiger partial charge in [0.1, 0.15) is 0 Å². The molecule has 0 saturated carbocycles. The molecule has 1 saturated heterocycles. The summed E-state index contributed by atoms with van der Waals surface area (Å²) in [5.74, 6) is 1.13. The predicted octanol–water partition coefficient (Wildman–Crippen LogP) is 2.57. The largest absolute Gasteiger partial charge is 0.416 e. The number of hydrogen-bond donors (Lipinski definition) is 0. The van der Waals surface area contributed by atoms with Gasteiger partial charge in [0.05, 0.1) is 12.0 Å². The van der Waals surface area contributed by atoms with Gasteiger partial charge in [0.15, 0.2) is 11.6 Å². The second-order valence-corrected chi connectivity index (χ2v) is 6.94. The van der Waals surface area contributed by atoms with Crippen LogP contribution >= 0.6 is 0 Å². The van der Waals surface area contributed by atoms with Gasteiger partial charge < -0.3 is 9.80 Å². The molecule has 10 heteroatoms. The number of rotatable bonds is 4. The molecule has 0 atom stereocenters. The molecule has 0 aliphatic carbocycles. The van der Waals surface area contributed by atoms with Gasteiger partial charge in [0.25, 0.3) is 0 Å². The van der Waals surface area contributed by atoms with Crippen molar-refractivity contribution < 1.29 is 18.0 Å². The van der Waals surface area contributed by atoms with Crippen LogP contribution in [-0.4, -0.2) is 57.0 Å². The summed E-state index contributed by atoms with van der Waals surface area (Å²) in [4.78, 5) is 16.2. The molecule has 1 aliphatic rings. The van der Waals surface area contributed by atoms with Crippen LogP contribution in [0.25, 0.3) is 5.82 Å². The van der Waals surface area contributed by atoms with Crippen LogP contribution in [0.4, 0.5) is 19.0 Å². The van der Waals surface area contributed by atoms with Gasteiger partial charge in [-0.2, -0.15) is 18.3 Å². The fourth-order valence-electron chi connectivity index (χ4n) is 3.34. The highest BCUT2D eigenvalue weighted by Crippen LogP contribution is 2.29. The summed E-state index contributed by atoms with van der Waals surface area (Å²) in [7, 11) is 0. The Labute approximate surface area is 170 Å².